The van der Waals surface area contributed by atoms with E-state index in [0.29, 0.717) is 0 Å². The van der Waals surface area contributed by atoms with E-state index in [1.54, 1.807) is 0 Å². The summed E-state index contributed by atoms with van der Waals surface area (Å²) in [5.41, 5.74) is 0. The first-order valence-electron chi connectivity index (χ1n) is 6.28. The van der Waals surface area contributed by atoms with Gasteiger partial charge in [0.05, 0.1) is 4.47 Å². The van der Waals surface area contributed by atoms with Gasteiger partial charge in [-0.1, -0.05) is 25.8 Å². The van der Waals surface area contributed by atoms with Gasteiger partial charge in [0.2, 0.25) is 0 Å². The fraction of sp³-hybridized carbons (Fsp3) is 0.571. The van der Waals surface area contributed by atoms with Crippen LogP contribution in [0.1, 0.15) is 50.5 Å². The number of unbranched alkanes of at least 4 members (excludes halogenated alkanes) is 3. The van der Waals surface area contributed by atoms with E-state index in [2.05, 4.69) is 35.0 Å². The standard InChI is InChI=1S/C14H20BrClO/c1-2-3-5-8-12-11-13(15)14(17-12)9-6-4-7-10-16/h5,8,11H,2-4,6-7,9-10H2,1H3/b8-5-. The topological polar surface area (TPSA) is 13.1 Å². The highest BCUT2D eigenvalue weighted by Crippen LogP contribution is 2.24. The van der Waals surface area contributed by atoms with E-state index in [4.69, 9.17) is 16.0 Å². The van der Waals surface area contributed by atoms with Crippen LogP contribution in [-0.2, 0) is 6.42 Å². The Morgan fingerprint density at radius 3 is 2.88 bits per heavy atom. The second kappa shape index (κ2) is 8.82. The Bertz CT molecular complexity index is 344. The van der Waals surface area contributed by atoms with Gasteiger partial charge < -0.3 is 4.42 Å². The van der Waals surface area contributed by atoms with E-state index in [9.17, 15) is 0 Å². The summed E-state index contributed by atoms with van der Waals surface area (Å²) in [5, 5.41) is 0. The highest BCUT2D eigenvalue weighted by atomic mass is 79.9. The van der Waals surface area contributed by atoms with Gasteiger partial charge in [-0.15, -0.1) is 11.6 Å². The molecule has 1 rings (SSSR count). The third kappa shape index (κ3) is 5.78. The SMILES string of the molecule is CCC/C=C\c1cc(Br)c(CCCCCCl)o1. The molecule has 0 aromatic carbocycles. The molecule has 1 heterocycles. The Morgan fingerprint density at radius 2 is 2.18 bits per heavy atom. The predicted octanol–water partition coefficient (Wildman–Crippen LogP) is 5.81. The first kappa shape index (κ1) is 14.8. The summed E-state index contributed by atoms with van der Waals surface area (Å²) in [6, 6.07) is 2.04. The molecule has 0 bridgehead atoms. The summed E-state index contributed by atoms with van der Waals surface area (Å²) in [4.78, 5) is 0. The predicted molar refractivity (Wildman–Crippen MR) is 78.6 cm³/mol. The molecule has 0 aliphatic rings. The van der Waals surface area contributed by atoms with Crippen molar-refractivity contribution in [3.05, 3.63) is 28.1 Å². The Hall–Kier alpha value is -0.210. The molecule has 0 N–H and O–H groups in total. The Balaban J connectivity index is 2.44. The molecule has 3 heteroatoms. The zero-order valence-corrected chi connectivity index (χ0v) is 12.7. The van der Waals surface area contributed by atoms with Crippen molar-refractivity contribution in [2.24, 2.45) is 0 Å². The van der Waals surface area contributed by atoms with Crippen molar-refractivity contribution in [2.75, 3.05) is 5.88 Å². The zero-order chi connectivity index (χ0) is 12.5. The summed E-state index contributed by atoms with van der Waals surface area (Å²) in [6.07, 6.45) is 10.9. The molecule has 0 amide bonds. The number of furan rings is 1. The lowest BCUT2D eigenvalue weighted by Crippen LogP contribution is -1.84. The molecule has 1 aromatic rings. The van der Waals surface area contributed by atoms with Crippen LogP contribution in [0.3, 0.4) is 0 Å². The summed E-state index contributed by atoms with van der Waals surface area (Å²) < 4.78 is 6.86. The first-order valence-corrected chi connectivity index (χ1v) is 7.61. The van der Waals surface area contributed by atoms with Gasteiger partial charge >= 0.3 is 0 Å². The fourth-order valence-corrected chi connectivity index (χ4v) is 2.30. The van der Waals surface area contributed by atoms with Gasteiger partial charge in [-0.3, -0.25) is 0 Å². The Labute approximate surface area is 117 Å². The van der Waals surface area contributed by atoms with Crippen LogP contribution in [0.2, 0.25) is 0 Å². The highest BCUT2D eigenvalue weighted by molar-refractivity contribution is 9.10. The van der Waals surface area contributed by atoms with Crippen LogP contribution in [0.4, 0.5) is 0 Å². The second-order valence-corrected chi connectivity index (χ2v) is 5.34. The van der Waals surface area contributed by atoms with Gasteiger partial charge in [0.15, 0.2) is 0 Å². The van der Waals surface area contributed by atoms with Gasteiger partial charge in [-0.25, -0.2) is 0 Å². The van der Waals surface area contributed by atoms with Crippen molar-refractivity contribution in [3.63, 3.8) is 0 Å². The summed E-state index contributed by atoms with van der Waals surface area (Å²) in [7, 11) is 0. The molecular weight excluding hydrogens is 300 g/mol. The third-order valence-corrected chi connectivity index (χ3v) is 3.49. The van der Waals surface area contributed by atoms with Crippen LogP contribution < -0.4 is 0 Å². The molecule has 0 fully saturated rings. The van der Waals surface area contributed by atoms with Crippen molar-refractivity contribution in [2.45, 2.75) is 45.4 Å². The molecule has 1 nitrogen and oxygen atoms in total. The fourth-order valence-electron chi connectivity index (χ4n) is 1.60. The minimum atomic E-state index is 0.754. The van der Waals surface area contributed by atoms with Crippen LogP contribution in [0.15, 0.2) is 21.0 Å². The van der Waals surface area contributed by atoms with Gasteiger partial charge in [-0.2, -0.15) is 0 Å². The maximum atomic E-state index is 5.77. The van der Waals surface area contributed by atoms with Crippen molar-refractivity contribution in [1.82, 2.24) is 0 Å². The summed E-state index contributed by atoms with van der Waals surface area (Å²) in [6.45, 7) is 2.17. The van der Waals surface area contributed by atoms with E-state index in [-0.39, 0.29) is 0 Å². The summed E-state index contributed by atoms with van der Waals surface area (Å²) in [5.74, 6) is 2.75. The molecule has 1 aromatic heterocycles. The molecule has 0 aliphatic carbocycles. The van der Waals surface area contributed by atoms with Crippen molar-refractivity contribution >= 4 is 33.6 Å². The molecular formula is C14H20BrClO. The van der Waals surface area contributed by atoms with Crippen LogP contribution in [-0.4, -0.2) is 5.88 Å². The number of alkyl halides is 1. The number of rotatable bonds is 8. The summed E-state index contributed by atoms with van der Waals surface area (Å²) >= 11 is 9.19. The zero-order valence-electron chi connectivity index (χ0n) is 10.3. The monoisotopic (exact) mass is 318 g/mol. The van der Waals surface area contributed by atoms with Crippen molar-refractivity contribution < 1.29 is 4.42 Å². The maximum Gasteiger partial charge on any atom is 0.127 e. The molecule has 0 saturated carbocycles. The van der Waals surface area contributed by atoms with Gasteiger partial charge in [0.25, 0.3) is 0 Å². The van der Waals surface area contributed by atoms with Crippen molar-refractivity contribution in [1.29, 1.82) is 0 Å². The van der Waals surface area contributed by atoms with Crippen LogP contribution in [0.5, 0.6) is 0 Å². The normalized spacial score (nSPS) is 11.5. The number of halogens is 2. The molecule has 0 saturated heterocycles. The lowest BCUT2D eigenvalue weighted by Gasteiger charge is -1.97. The molecule has 96 valence electrons. The second-order valence-electron chi connectivity index (χ2n) is 4.11. The number of hydrogen-bond acceptors (Lipinski definition) is 1. The van der Waals surface area contributed by atoms with Gasteiger partial charge in [-0.05, 0) is 47.3 Å². The Morgan fingerprint density at radius 1 is 1.35 bits per heavy atom. The van der Waals surface area contributed by atoms with E-state index in [0.717, 1.165) is 54.0 Å². The molecule has 0 spiro atoms. The minimum Gasteiger partial charge on any atom is -0.461 e. The van der Waals surface area contributed by atoms with E-state index < -0.39 is 0 Å². The van der Waals surface area contributed by atoms with Crippen LogP contribution in [0, 0.1) is 0 Å². The van der Waals surface area contributed by atoms with E-state index in [1.807, 2.05) is 6.07 Å². The molecule has 17 heavy (non-hydrogen) atoms. The van der Waals surface area contributed by atoms with Crippen molar-refractivity contribution in [3.8, 4) is 0 Å². The van der Waals surface area contributed by atoms with Gasteiger partial charge in [0.1, 0.15) is 11.5 Å². The third-order valence-electron chi connectivity index (χ3n) is 2.55. The largest absolute Gasteiger partial charge is 0.461 e. The molecule has 0 radical (unpaired) electrons. The number of allylic oxidation sites excluding steroid dienone is 1. The number of hydrogen-bond donors (Lipinski definition) is 0. The van der Waals surface area contributed by atoms with E-state index in [1.165, 1.54) is 6.42 Å². The minimum absolute atomic E-state index is 0.754. The smallest absolute Gasteiger partial charge is 0.127 e. The number of aryl methyl sites for hydroxylation is 1. The highest BCUT2D eigenvalue weighted by Gasteiger charge is 2.06. The molecule has 0 aliphatic heterocycles. The van der Waals surface area contributed by atoms with Crippen LogP contribution >= 0.6 is 27.5 Å². The Kier molecular flexibility index (Phi) is 7.70. The first-order chi connectivity index (χ1) is 8.27. The molecule has 0 atom stereocenters. The van der Waals surface area contributed by atoms with Gasteiger partial charge in [0, 0.05) is 12.3 Å². The average Bonchev–Trinajstić information content (AvgIpc) is 2.66. The maximum absolute atomic E-state index is 5.77. The molecule has 0 unspecified atom stereocenters. The quantitative estimate of drug-likeness (QED) is 0.435. The lowest BCUT2D eigenvalue weighted by molar-refractivity contribution is 0.487. The van der Waals surface area contributed by atoms with E-state index >= 15 is 0 Å². The van der Waals surface area contributed by atoms with Crippen LogP contribution in [0.25, 0.3) is 6.08 Å². The average molecular weight is 320 g/mol. The lowest BCUT2D eigenvalue weighted by atomic mass is 10.2.